The Morgan fingerprint density at radius 2 is 1.58 bits per heavy atom. The molecule has 0 aliphatic rings. The van der Waals surface area contributed by atoms with E-state index < -0.39 is 6.00 Å². The molecule has 0 spiro atoms. The summed E-state index contributed by atoms with van der Waals surface area (Å²) >= 11 is 17.9. The van der Waals surface area contributed by atoms with Crippen LogP contribution in [-0.2, 0) is 0 Å². The summed E-state index contributed by atoms with van der Waals surface area (Å²) in [5.74, 6) is 0. The third-order valence-corrected chi connectivity index (χ3v) is 6.13. The molecule has 12 heavy (non-hydrogen) atoms. The Morgan fingerprint density at radius 3 is 1.67 bits per heavy atom. The van der Waals surface area contributed by atoms with Crippen LogP contribution in [0.1, 0.15) is 40.5 Å². The normalized spacial score (nSPS) is 16.2. The molecule has 4 heteroatoms. The maximum absolute atomic E-state index is 5.98. The zero-order valence-electron chi connectivity index (χ0n) is 8.13. The Kier molecular flexibility index (Phi) is 4.95. The lowest BCUT2D eigenvalue weighted by atomic mass is 9.90. The molecule has 74 valence electrons. The van der Waals surface area contributed by atoms with Crippen molar-refractivity contribution in [2.45, 2.75) is 46.1 Å². The molecule has 0 saturated carbocycles. The topological polar surface area (TPSA) is 0 Å². The van der Waals surface area contributed by atoms with Crippen molar-refractivity contribution in [3.05, 3.63) is 0 Å². The summed E-state index contributed by atoms with van der Waals surface area (Å²) in [6.07, 6.45) is 1.98. The van der Waals surface area contributed by atoms with Crippen molar-refractivity contribution in [3.8, 4) is 0 Å². The van der Waals surface area contributed by atoms with Crippen molar-refractivity contribution in [2.75, 3.05) is 0 Å². The molecule has 0 aliphatic carbocycles. The quantitative estimate of drug-likeness (QED) is 0.494. The van der Waals surface area contributed by atoms with E-state index in [4.69, 9.17) is 33.2 Å². The maximum atomic E-state index is 5.98. The molecule has 0 N–H and O–H groups in total. The van der Waals surface area contributed by atoms with Gasteiger partial charge in [-0.2, -0.15) is 0 Å². The SMILES string of the molecule is CCC(CC(C)(C)C)[Si](Cl)(Cl)Cl. The average molecular weight is 248 g/mol. The van der Waals surface area contributed by atoms with E-state index in [1.165, 1.54) is 0 Å². The van der Waals surface area contributed by atoms with E-state index in [0.717, 1.165) is 12.8 Å². The number of hydrogen-bond acceptors (Lipinski definition) is 0. The van der Waals surface area contributed by atoms with Crippen LogP contribution >= 0.6 is 33.2 Å². The third kappa shape index (κ3) is 5.68. The molecular weight excluding hydrogens is 231 g/mol. The second kappa shape index (κ2) is 4.54. The van der Waals surface area contributed by atoms with E-state index in [2.05, 4.69) is 27.7 Å². The first-order valence-corrected chi connectivity index (χ1v) is 9.35. The minimum Gasteiger partial charge on any atom is -0.126 e. The lowest BCUT2D eigenvalue weighted by Gasteiger charge is -2.28. The molecule has 1 unspecified atom stereocenters. The summed E-state index contributed by atoms with van der Waals surface area (Å²) in [5.41, 5.74) is 0.555. The highest BCUT2D eigenvalue weighted by Crippen LogP contribution is 2.43. The fraction of sp³-hybridized carbons (Fsp3) is 1.00. The van der Waals surface area contributed by atoms with Crippen molar-refractivity contribution < 1.29 is 0 Å². The van der Waals surface area contributed by atoms with Crippen LogP contribution in [0.5, 0.6) is 0 Å². The first-order valence-electron chi connectivity index (χ1n) is 4.23. The van der Waals surface area contributed by atoms with Crippen LogP contribution in [0.4, 0.5) is 0 Å². The smallest absolute Gasteiger partial charge is 0.126 e. The van der Waals surface area contributed by atoms with Crippen molar-refractivity contribution in [1.29, 1.82) is 0 Å². The van der Waals surface area contributed by atoms with E-state index in [0.29, 0.717) is 5.54 Å². The van der Waals surface area contributed by atoms with Gasteiger partial charge in [0.05, 0.1) is 0 Å². The fourth-order valence-electron chi connectivity index (χ4n) is 1.23. The minimum atomic E-state index is -2.48. The highest BCUT2D eigenvalue weighted by atomic mass is 35.8. The molecule has 0 aliphatic heterocycles. The Labute approximate surface area is 90.7 Å². The van der Waals surface area contributed by atoms with Crippen LogP contribution in [0.3, 0.4) is 0 Å². The van der Waals surface area contributed by atoms with Crippen molar-refractivity contribution >= 4 is 39.2 Å². The molecule has 0 aromatic carbocycles. The van der Waals surface area contributed by atoms with Crippen LogP contribution in [0, 0.1) is 5.41 Å². The molecule has 0 bridgehead atoms. The van der Waals surface area contributed by atoms with Gasteiger partial charge in [0.2, 0.25) is 0 Å². The third-order valence-electron chi connectivity index (χ3n) is 1.81. The summed E-state index contributed by atoms with van der Waals surface area (Å²) in [7, 11) is 0. The largest absolute Gasteiger partial charge is 0.344 e. The predicted molar refractivity (Wildman–Crippen MR) is 61.4 cm³/mol. The second-order valence-corrected chi connectivity index (χ2v) is 13.4. The summed E-state index contributed by atoms with van der Waals surface area (Å²) in [5, 5.41) is 0. The van der Waals surface area contributed by atoms with Crippen LogP contribution in [0.15, 0.2) is 0 Å². The maximum Gasteiger partial charge on any atom is 0.344 e. The van der Waals surface area contributed by atoms with Crippen LogP contribution < -0.4 is 0 Å². The lowest BCUT2D eigenvalue weighted by molar-refractivity contribution is 0.362. The van der Waals surface area contributed by atoms with Gasteiger partial charge in [-0.3, -0.25) is 0 Å². The molecule has 0 nitrogen and oxygen atoms in total. The molecule has 1 atom stereocenters. The monoisotopic (exact) mass is 246 g/mol. The Morgan fingerprint density at radius 1 is 1.17 bits per heavy atom. The zero-order chi connectivity index (χ0) is 9.99. The van der Waals surface area contributed by atoms with Crippen molar-refractivity contribution in [2.24, 2.45) is 5.41 Å². The molecule has 0 radical (unpaired) electrons. The molecule has 0 fully saturated rings. The van der Waals surface area contributed by atoms with Gasteiger partial charge in [-0.25, -0.2) is 0 Å². The van der Waals surface area contributed by atoms with Gasteiger partial charge in [0, 0.05) is 0 Å². The van der Waals surface area contributed by atoms with Gasteiger partial charge in [0.15, 0.2) is 0 Å². The first-order chi connectivity index (χ1) is 5.17. The lowest BCUT2D eigenvalue weighted by Crippen LogP contribution is -2.24. The Bertz CT molecular complexity index is 134. The van der Waals surface area contributed by atoms with Gasteiger partial charge in [-0.1, -0.05) is 34.1 Å². The number of hydrogen-bond donors (Lipinski definition) is 0. The van der Waals surface area contributed by atoms with E-state index in [1.54, 1.807) is 0 Å². The molecule has 0 heterocycles. The summed E-state index contributed by atoms with van der Waals surface area (Å²) in [6, 6.07) is -2.48. The first kappa shape index (κ1) is 13.1. The molecular formula is C8H17Cl3Si. The van der Waals surface area contributed by atoms with E-state index >= 15 is 0 Å². The second-order valence-electron chi connectivity index (χ2n) is 4.41. The molecule has 0 aromatic heterocycles. The van der Waals surface area contributed by atoms with Crippen LogP contribution in [0.25, 0.3) is 0 Å². The van der Waals surface area contributed by atoms with Gasteiger partial charge in [-0.15, -0.1) is 33.2 Å². The molecule has 0 saturated heterocycles. The van der Waals surface area contributed by atoms with Crippen molar-refractivity contribution in [1.82, 2.24) is 0 Å². The minimum absolute atomic E-state index is 0.262. The average Bonchev–Trinajstić information content (AvgIpc) is 1.78. The van der Waals surface area contributed by atoms with Gasteiger partial charge in [0.25, 0.3) is 0 Å². The summed E-state index contributed by atoms with van der Waals surface area (Å²) in [4.78, 5) is 0. The number of halogens is 3. The van der Waals surface area contributed by atoms with Gasteiger partial charge >= 0.3 is 6.00 Å². The zero-order valence-corrected chi connectivity index (χ0v) is 11.4. The summed E-state index contributed by atoms with van der Waals surface area (Å²) < 4.78 is 0. The predicted octanol–water partition coefficient (Wildman–Crippen LogP) is 4.86. The van der Waals surface area contributed by atoms with E-state index in [9.17, 15) is 0 Å². The van der Waals surface area contributed by atoms with Crippen molar-refractivity contribution in [3.63, 3.8) is 0 Å². The Balaban J connectivity index is 4.20. The van der Waals surface area contributed by atoms with Crippen LogP contribution in [0.2, 0.25) is 5.54 Å². The molecule has 0 rings (SSSR count). The standard InChI is InChI=1S/C8H17Cl3Si/c1-5-7(12(9,10)11)6-8(2,3)4/h7H,5-6H2,1-4H3. The van der Waals surface area contributed by atoms with Gasteiger partial charge in [-0.05, 0) is 17.4 Å². The highest BCUT2D eigenvalue weighted by molar-refractivity contribution is 7.65. The molecule has 0 aromatic rings. The van der Waals surface area contributed by atoms with E-state index in [-0.39, 0.29) is 5.41 Å². The van der Waals surface area contributed by atoms with Gasteiger partial charge < -0.3 is 0 Å². The van der Waals surface area contributed by atoms with Crippen LogP contribution in [-0.4, -0.2) is 6.00 Å². The van der Waals surface area contributed by atoms with Gasteiger partial charge in [0.1, 0.15) is 0 Å². The molecule has 0 amide bonds. The Hall–Kier alpha value is 1.09. The highest BCUT2D eigenvalue weighted by Gasteiger charge is 2.37. The summed E-state index contributed by atoms with van der Waals surface area (Å²) in [6.45, 7) is 8.63. The fourth-order valence-corrected chi connectivity index (χ4v) is 4.62. The number of rotatable bonds is 3. The van der Waals surface area contributed by atoms with E-state index in [1.807, 2.05) is 0 Å².